The molecule has 0 spiro atoms. The van der Waals surface area contributed by atoms with E-state index >= 15 is 0 Å². The first-order valence-electron chi connectivity index (χ1n) is 8.80. The van der Waals surface area contributed by atoms with Gasteiger partial charge in [-0.05, 0) is 37.8 Å². The first-order chi connectivity index (χ1) is 11.7. The predicted octanol–water partition coefficient (Wildman–Crippen LogP) is 2.73. The molecule has 0 N–H and O–H groups in total. The van der Waals surface area contributed by atoms with E-state index in [9.17, 15) is 0 Å². The van der Waals surface area contributed by atoms with Crippen LogP contribution in [0.25, 0.3) is 0 Å². The monoisotopic (exact) mass is 335 g/mol. The van der Waals surface area contributed by atoms with Gasteiger partial charge < -0.3 is 18.9 Å². The molecule has 0 aromatic heterocycles. The Bertz CT molecular complexity index is 538. The second kappa shape index (κ2) is 7.72. The van der Waals surface area contributed by atoms with Crippen molar-refractivity contribution in [1.29, 1.82) is 0 Å². The minimum absolute atomic E-state index is 0.000529. The van der Waals surface area contributed by atoms with Crippen LogP contribution in [0.3, 0.4) is 0 Å². The molecule has 1 aliphatic heterocycles. The number of rotatable bonds is 7. The number of fused-ring (bicyclic) bond motifs is 1. The maximum atomic E-state index is 5.97. The average molecular weight is 335 g/mol. The lowest BCUT2D eigenvalue weighted by Gasteiger charge is -2.43. The molecule has 24 heavy (non-hydrogen) atoms. The standard InChI is InChI=1S/C19H29NO4/c1-21-15-8-9-19(23-3)10-11-20(18(19)14-15)12-13-24-17-7-5-4-6-16(17)22-2/h4-7,15,18H,8-14H2,1-3H3/t15-,18+,19-/m1/s1. The molecule has 3 rings (SSSR count). The van der Waals surface area contributed by atoms with Gasteiger partial charge in [-0.1, -0.05) is 12.1 Å². The highest BCUT2D eigenvalue weighted by atomic mass is 16.5. The summed E-state index contributed by atoms with van der Waals surface area (Å²) >= 11 is 0. The fraction of sp³-hybridized carbons (Fsp3) is 0.684. The van der Waals surface area contributed by atoms with Crippen molar-refractivity contribution in [3.8, 4) is 11.5 Å². The smallest absolute Gasteiger partial charge is 0.161 e. The summed E-state index contributed by atoms with van der Waals surface area (Å²) in [6.07, 6.45) is 4.65. The highest BCUT2D eigenvalue weighted by molar-refractivity contribution is 5.39. The van der Waals surface area contributed by atoms with E-state index in [1.54, 1.807) is 7.11 Å². The number of ether oxygens (including phenoxy) is 4. The van der Waals surface area contributed by atoms with Gasteiger partial charge in [0.15, 0.2) is 11.5 Å². The lowest BCUT2D eigenvalue weighted by atomic mass is 9.79. The highest BCUT2D eigenvalue weighted by Crippen LogP contribution is 2.42. The minimum atomic E-state index is -0.000529. The van der Waals surface area contributed by atoms with Crippen LogP contribution in [0.15, 0.2) is 24.3 Å². The van der Waals surface area contributed by atoms with E-state index < -0.39 is 0 Å². The van der Waals surface area contributed by atoms with E-state index in [2.05, 4.69) is 4.90 Å². The summed E-state index contributed by atoms with van der Waals surface area (Å²) in [5, 5.41) is 0. The maximum Gasteiger partial charge on any atom is 0.161 e. The van der Waals surface area contributed by atoms with Crippen LogP contribution in [0.1, 0.15) is 25.7 Å². The third kappa shape index (κ3) is 3.39. The topological polar surface area (TPSA) is 40.2 Å². The average Bonchev–Trinajstić information content (AvgIpc) is 3.00. The van der Waals surface area contributed by atoms with Crippen molar-refractivity contribution in [2.45, 2.75) is 43.4 Å². The largest absolute Gasteiger partial charge is 0.493 e. The van der Waals surface area contributed by atoms with E-state index in [4.69, 9.17) is 18.9 Å². The summed E-state index contributed by atoms with van der Waals surface area (Å²) in [4.78, 5) is 2.50. The van der Waals surface area contributed by atoms with Crippen LogP contribution in [0.4, 0.5) is 0 Å². The van der Waals surface area contributed by atoms with Crippen LogP contribution in [-0.2, 0) is 9.47 Å². The Morgan fingerprint density at radius 2 is 1.92 bits per heavy atom. The number of likely N-dealkylation sites (tertiary alicyclic amines) is 1. The summed E-state index contributed by atoms with van der Waals surface area (Å²) in [5.41, 5.74) is -0.000529. The molecule has 0 unspecified atom stereocenters. The highest BCUT2D eigenvalue weighted by Gasteiger charge is 2.50. The zero-order valence-corrected chi connectivity index (χ0v) is 15.0. The molecule has 0 bridgehead atoms. The molecule has 1 aromatic rings. The minimum Gasteiger partial charge on any atom is -0.493 e. The molecule has 2 fully saturated rings. The fourth-order valence-electron chi connectivity index (χ4n) is 4.25. The Kier molecular flexibility index (Phi) is 5.64. The molecule has 1 saturated carbocycles. The summed E-state index contributed by atoms with van der Waals surface area (Å²) in [5.74, 6) is 1.58. The molecule has 1 saturated heterocycles. The van der Waals surface area contributed by atoms with Crippen molar-refractivity contribution in [2.24, 2.45) is 0 Å². The normalized spacial score (nSPS) is 30.1. The zero-order chi connectivity index (χ0) is 17.0. The van der Waals surface area contributed by atoms with Crippen molar-refractivity contribution in [3.63, 3.8) is 0 Å². The Hall–Kier alpha value is -1.30. The molecule has 1 aliphatic carbocycles. The Morgan fingerprint density at radius 1 is 1.12 bits per heavy atom. The SMILES string of the molecule is COc1ccccc1OCCN1CC[C@]2(OC)CC[C@@H](OC)C[C@H]12. The Balaban J connectivity index is 1.59. The third-order valence-corrected chi connectivity index (χ3v) is 5.69. The molecule has 0 amide bonds. The van der Waals surface area contributed by atoms with Gasteiger partial charge in [0.25, 0.3) is 0 Å². The number of nitrogens with zero attached hydrogens (tertiary/aromatic N) is 1. The molecule has 134 valence electrons. The van der Waals surface area contributed by atoms with Crippen molar-refractivity contribution >= 4 is 0 Å². The molecule has 1 aromatic carbocycles. The van der Waals surface area contributed by atoms with Gasteiger partial charge in [-0.3, -0.25) is 4.90 Å². The van der Waals surface area contributed by atoms with Gasteiger partial charge in [-0.15, -0.1) is 0 Å². The van der Waals surface area contributed by atoms with Crippen LogP contribution >= 0.6 is 0 Å². The Labute approximate surface area is 144 Å². The van der Waals surface area contributed by atoms with Gasteiger partial charge in [-0.25, -0.2) is 0 Å². The van der Waals surface area contributed by atoms with E-state index in [0.717, 1.165) is 50.3 Å². The second-order valence-corrected chi connectivity index (χ2v) is 6.70. The van der Waals surface area contributed by atoms with Gasteiger partial charge in [0, 0.05) is 33.4 Å². The summed E-state index contributed by atoms with van der Waals surface area (Å²) in [6, 6.07) is 8.21. The Morgan fingerprint density at radius 3 is 2.62 bits per heavy atom. The third-order valence-electron chi connectivity index (χ3n) is 5.69. The molecule has 5 nitrogen and oxygen atoms in total. The summed E-state index contributed by atoms with van der Waals surface area (Å²) in [7, 11) is 5.34. The van der Waals surface area contributed by atoms with Crippen molar-refractivity contribution in [1.82, 2.24) is 4.90 Å². The van der Waals surface area contributed by atoms with Crippen LogP contribution in [0.5, 0.6) is 11.5 Å². The van der Waals surface area contributed by atoms with E-state index in [1.807, 2.05) is 38.5 Å². The first-order valence-corrected chi connectivity index (χ1v) is 8.80. The molecule has 2 aliphatic rings. The van der Waals surface area contributed by atoms with Crippen LogP contribution in [0.2, 0.25) is 0 Å². The molecule has 0 radical (unpaired) electrons. The number of hydrogen-bond acceptors (Lipinski definition) is 5. The van der Waals surface area contributed by atoms with Crippen molar-refractivity contribution in [2.75, 3.05) is 41.0 Å². The molecule has 3 atom stereocenters. The molecular weight excluding hydrogens is 306 g/mol. The van der Waals surface area contributed by atoms with Crippen LogP contribution < -0.4 is 9.47 Å². The van der Waals surface area contributed by atoms with Crippen molar-refractivity contribution in [3.05, 3.63) is 24.3 Å². The molecular formula is C19H29NO4. The second-order valence-electron chi connectivity index (χ2n) is 6.70. The number of hydrogen-bond donors (Lipinski definition) is 0. The first kappa shape index (κ1) is 17.5. The lowest BCUT2D eigenvalue weighted by molar-refractivity contribution is -0.0944. The van der Waals surface area contributed by atoms with Gasteiger partial charge in [0.05, 0.1) is 18.8 Å². The lowest BCUT2D eigenvalue weighted by Crippen LogP contribution is -2.52. The van der Waals surface area contributed by atoms with E-state index in [1.165, 1.54) is 0 Å². The van der Waals surface area contributed by atoms with Gasteiger partial charge in [0.1, 0.15) is 6.61 Å². The number of para-hydroxylation sites is 2. The van der Waals surface area contributed by atoms with Crippen molar-refractivity contribution < 1.29 is 18.9 Å². The predicted molar refractivity (Wildman–Crippen MR) is 92.9 cm³/mol. The van der Waals surface area contributed by atoms with Crippen LogP contribution in [-0.4, -0.2) is 63.7 Å². The van der Waals surface area contributed by atoms with Gasteiger partial charge >= 0.3 is 0 Å². The fourth-order valence-corrected chi connectivity index (χ4v) is 4.25. The maximum absolute atomic E-state index is 5.97. The number of methoxy groups -OCH3 is 3. The molecule has 1 heterocycles. The summed E-state index contributed by atoms with van der Waals surface area (Å²) < 4.78 is 22.9. The van der Waals surface area contributed by atoms with Crippen LogP contribution in [0, 0.1) is 0 Å². The van der Waals surface area contributed by atoms with Gasteiger partial charge in [0.2, 0.25) is 0 Å². The quantitative estimate of drug-likeness (QED) is 0.766. The van der Waals surface area contributed by atoms with E-state index in [0.29, 0.717) is 18.8 Å². The van der Waals surface area contributed by atoms with E-state index in [-0.39, 0.29) is 5.60 Å². The number of benzene rings is 1. The zero-order valence-electron chi connectivity index (χ0n) is 15.0. The van der Waals surface area contributed by atoms with Gasteiger partial charge in [-0.2, -0.15) is 0 Å². The molecule has 5 heteroatoms. The summed E-state index contributed by atoms with van der Waals surface area (Å²) in [6.45, 7) is 2.60.